The number of rotatable bonds is 5. The molecule has 1 fully saturated rings. The molecular formula is C22H17ClN2O5S. The van der Waals surface area contributed by atoms with Gasteiger partial charge in [-0.25, -0.2) is 4.98 Å². The minimum atomic E-state index is -0.942. The molecule has 31 heavy (non-hydrogen) atoms. The Balaban J connectivity index is 1.97. The zero-order valence-corrected chi connectivity index (χ0v) is 18.1. The third kappa shape index (κ3) is 3.64. The number of thiazole rings is 1. The minimum Gasteiger partial charge on any atom is -0.507 e. The highest BCUT2D eigenvalue weighted by atomic mass is 35.5. The van der Waals surface area contributed by atoms with Gasteiger partial charge in [-0.1, -0.05) is 11.6 Å². The summed E-state index contributed by atoms with van der Waals surface area (Å²) in [6.07, 6.45) is 1.54. The molecule has 1 atom stereocenters. The van der Waals surface area contributed by atoms with E-state index in [1.54, 1.807) is 54.0 Å². The summed E-state index contributed by atoms with van der Waals surface area (Å²) in [5.74, 6) is -0.963. The standard InChI is InChI=1S/C22H17ClN2O5S/c1-29-14-7-8-15(16(11-14)30-2)18-17(19(26)12-3-5-13(23)6-4-12)20(27)21(28)25(18)22-24-9-10-31-22/h3-11,18,26H,1-2H3/b19-17+/t18-/m0/s1. The van der Waals surface area contributed by atoms with E-state index >= 15 is 0 Å². The van der Waals surface area contributed by atoms with Crippen LogP contribution in [0.3, 0.4) is 0 Å². The SMILES string of the molecule is COc1ccc([C@H]2/C(=C(\O)c3ccc(Cl)cc3)C(=O)C(=O)N2c2nccs2)c(OC)c1. The van der Waals surface area contributed by atoms with Gasteiger partial charge in [0.25, 0.3) is 5.78 Å². The number of hydrogen-bond acceptors (Lipinski definition) is 7. The summed E-state index contributed by atoms with van der Waals surface area (Å²) in [7, 11) is 3.00. The van der Waals surface area contributed by atoms with E-state index in [4.69, 9.17) is 21.1 Å². The highest BCUT2D eigenvalue weighted by Crippen LogP contribution is 2.46. The molecule has 0 saturated carbocycles. The highest BCUT2D eigenvalue weighted by Gasteiger charge is 2.49. The molecule has 3 aromatic rings. The molecule has 2 heterocycles. The fourth-order valence-electron chi connectivity index (χ4n) is 3.47. The molecule has 158 valence electrons. The number of carbonyl (C=O) groups excluding carboxylic acids is 2. The zero-order chi connectivity index (χ0) is 22.1. The van der Waals surface area contributed by atoms with E-state index in [2.05, 4.69) is 4.98 Å². The van der Waals surface area contributed by atoms with Crippen molar-refractivity contribution in [2.24, 2.45) is 0 Å². The lowest BCUT2D eigenvalue weighted by molar-refractivity contribution is -0.132. The van der Waals surface area contributed by atoms with E-state index in [0.29, 0.717) is 32.8 Å². The maximum Gasteiger partial charge on any atom is 0.301 e. The van der Waals surface area contributed by atoms with Gasteiger partial charge in [-0.2, -0.15) is 0 Å². The number of aliphatic hydroxyl groups excluding tert-OH is 1. The zero-order valence-electron chi connectivity index (χ0n) is 16.5. The lowest BCUT2D eigenvalue weighted by atomic mass is 9.94. The van der Waals surface area contributed by atoms with E-state index in [-0.39, 0.29) is 11.3 Å². The first-order valence-electron chi connectivity index (χ1n) is 9.14. The molecule has 1 aliphatic heterocycles. The number of methoxy groups -OCH3 is 2. The monoisotopic (exact) mass is 456 g/mol. The smallest absolute Gasteiger partial charge is 0.301 e. The lowest BCUT2D eigenvalue weighted by Crippen LogP contribution is -2.29. The van der Waals surface area contributed by atoms with E-state index in [9.17, 15) is 14.7 Å². The van der Waals surface area contributed by atoms with Crippen LogP contribution in [0.25, 0.3) is 5.76 Å². The number of carbonyl (C=O) groups is 2. The van der Waals surface area contributed by atoms with Gasteiger partial charge in [0, 0.05) is 33.8 Å². The number of anilines is 1. The molecule has 1 amide bonds. The number of Topliss-reactive ketones (excluding diaryl/α,β-unsaturated/α-hetero) is 1. The average molecular weight is 457 g/mol. The Labute approximate surface area is 187 Å². The highest BCUT2D eigenvalue weighted by molar-refractivity contribution is 7.14. The molecule has 7 nitrogen and oxygen atoms in total. The van der Waals surface area contributed by atoms with Crippen molar-refractivity contribution < 1.29 is 24.2 Å². The number of ether oxygens (including phenoxy) is 2. The minimum absolute atomic E-state index is 0.0639. The van der Waals surface area contributed by atoms with Crippen LogP contribution < -0.4 is 14.4 Å². The molecule has 0 unspecified atom stereocenters. The predicted molar refractivity (Wildman–Crippen MR) is 118 cm³/mol. The molecule has 1 aliphatic rings. The molecule has 1 saturated heterocycles. The Bertz CT molecular complexity index is 1180. The number of aromatic nitrogens is 1. The number of halogens is 1. The summed E-state index contributed by atoms with van der Waals surface area (Å²) in [4.78, 5) is 31.6. The van der Waals surface area contributed by atoms with Crippen LogP contribution >= 0.6 is 22.9 Å². The van der Waals surface area contributed by atoms with E-state index < -0.39 is 17.7 Å². The first-order chi connectivity index (χ1) is 15.0. The van der Waals surface area contributed by atoms with Crippen LogP contribution in [0.2, 0.25) is 5.02 Å². The molecule has 0 spiro atoms. The number of amides is 1. The molecule has 1 N–H and O–H groups in total. The second-order valence-corrected chi connectivity index (χ2v) is 7.91. The number of aliphatic hydroxyl groups is 1. The number of ketones is 1. The van der Waals surface area contributed by atoms with Crippen molar-refractivity contribution in [3.05, 3.63) is 75.8 Å². The van der Waals surface area contributed by atoms with Crippen molar-refractivity contribution in [3.63, 3.8) is 0 Å². The lowest BCUT2D eigenvalue weighted by Gasteiger charge is -2.24. The third-order valence-corrected chi connectivity index (χ3v) is 5.95. The summed E-state index contributed by atoms with van der Waals surface area (Å²) >= 11 is 7.16. The van der Waals surface area contributed by atoms with Crippen molar-refractivity contribution in [2.75, 3.05) is 19.1 Å². The van der Waals surface area contributed by atoms with E-state index in [1.165, 1.54) is 30.5 Å². The largest absolute Gasteiger partial charge is 0.507 e. The fourth-order valence-corrected chi connectivity index (χ4v) is 4.26. The van der Waals surface area contributed by atoms with Crippen molar-refractivity contribution in [1.82, 2.24) is 4.98 Å². The molecule has 9 heteroatoms. The maximum absolute atomic E-state index is 13.1. The summed E-state index contributed by atoms with van der Waals surface area (Å²) in [6, 6.07) is 10.5. The molecular weight excluding hydrogens is 440 g/mol. The first-order valence-corrected chi connectivity index (χ1v) is 10.4. The van der Waals surface area contributed by atoms with Crippen LogP contribution in [-0.4, -0.2) is 36.0 Å². The van der Waals surface area contributed by atoms with Crippen molar-refractivity contribution in [3.8, 4) is 11.5 Å². The first kappa shape index (κ1) is 20.9. The van der Waals surface area contributed by atoms with Gasteiger partial charge in [-0.15, -0.1) is 11.3 Å². The molecule has 0 radical (unpaired) electrons. The fraction of sp³-hybridized carbons (Fsp3) is 0.136. The second-order valence-electron chi connectivity index (χ2n) is 6.60. The second kappa shape index (κ2) is 8.41. The van der Waals surface area contributed by atoms with E-state index in [0.717, 1.165) is 0 Å². The van der Waals surface area contributed by atoms with Crippen LogP contribution in [0.1, 0.15) is 17.2 Å². The van der Waals surface area contributed by atoms with Crippen molar-refractivity contribution in [1.29, 1.82) is 0 Å². The molecule has 1 aromatic heterocycles. The predicted octanol–water partition coefficient (Wildman–Crippen LogP) is 4.44. The molecule has 0 aliphatic carbocycles. The van der Waals surface area contributed by atoms with E-state index in [1.807, 2.05) is 0 Å². The van der Waals surface area contributed by atoms with Gasteiger partial charge in [0.1, 0.15) is 23.3 Å². The Morgan fingerprint density at radius 3 is 2.48 bits per heavy atom. The van der Waals surface area contributed by atoms with Crippen molar-refractivity contribution >= 4 is 45.5 Å². The number of hydrogen-bond donors (Lipinski definition) is 1. The van der Waals surface area contributed by atoms with Crippen LogP contribution in [-0.2, 0) is 9.59 Å². The summed E-state index contributed by atoms with van der Waals surface area (Å²) < 4.78 is 10.8. The molecule has 2 aromatic carbocycles. The normalized spacial score (nSPS) is 17.8. The van der Waals surface area contributed by atoms with Crippen LogP contribution in [0.15, 0.2) is 59.6 Å². The van der Waals surface area contributed by atoms with Crippen molar-refractivity contribution in [2.45, 2.75) is 6.04 Å². The van der Waals surface area contributed by atoms with Gasteiger partial charge >= 0.3 is 5.91 Å². The summed E-state index contributed by atoms with van der Waals surface area (Å²) in [6.45, 7) is 0. The number of benzene rings is 2. The third-order valence-electron chi connectivity index (χ3n) is 4.92. The van der Waals surface area contributed by atoms with Gasteiger partial charge in [-0.05, 0) is 36.4 Å². The topological polar surface area (TPSA) is 89.0 Å². The van der Waals surface area contributed by atoms with Crippen LogP contribution in [0.5, 0.6) is 11.5 Å². The van der Waals surface area contributed by atoms with Gasteiger partial charge in [-0.3, -0.25) is 14.5 Å². The maximum atomic E-state index is 13.1. The van der Waals surface area contributed by atoms with Crippen LogP contribution in [0.4, 0.5) is 5.13 Å². The quantitative estimate of drug-likeness (QED) is 0.347. The Kier molecular flexibility index (Phi) is 5.67. The van der Waals surface area contributed by atoms with Gasteiger partial charge < -0.3 is 14.6 Å². The van der Waals surface area contributed by atoms with Gasteiger partial charge in [0.2, 0.25) is 0 Å². The molecule has 4 rings (SSSR count). The molecule has 0 bridgehead atoms. The Morgan fingerprint density at radius 2 is 1.87 bits per heavy atom. The summed E-state index contributed by atoms with van der Waals surface area (Å²) in [5, 5.41) is 13.6. The Hall–Kier alpha value is -3.36. The van der Waals surface area contributed by atoms with Gasteiger partial charge in [0.15, 0.2) is 5.13 Å². The van der Waals surface area contributed by atoms with Gasteiger partial charge in [0.05, 0.1) is 19.8 Å². The summed E-state index contributed by atoms with van der Waals surface area (Å²) in [5.41, 5.74) is 0.804. The Morgan fingerprint density at radius 1 is 1.13 bits per heavy atom. The average Bonchev–Trinajstić information content (AvgIpc) is 3.40. The van der Waals surface area contributed by atoms with Crippen LogP contribution in [0, 0.1) is 0 Å². The number of nitrogens with zero attached hydrogens (tertiary/aromatic N) is 2.